The fourth-order valence-corrected chi connectivity index (χ4v) is 5.43. The van der Waals surface area contributed by atoms with E-state index in [9.17, 15) is 13.2 Å². The lowest BCUT2D eigenvalue weighted by molar-refractivity contribution is -0.115. The van der Waals surface area contributed by atoms with Crippen LogP contribution in [-0.2, 0) is 14.8 Å². The first kappa shape index (κ1) is 19.3. The second kappa shape index (κ2) is 7.80. The Kier molecular flexibility index (Phi) is 5.39. The van der Waals surface area contributed by atoms with Crippen LogP contribution >= 0.6 is 11.8 Å². The van der Waals surface area contributed by atoms with Gasteiger partial charge in [0.25, 0.3) is 0 Å². The summed E-state index contributed by atoms with van der Waals surface area (Å²) in [5.74, 6) is -0.189. The van der Waals surface area contributed by atoms with E-state index in [1.165, 1.54) is 28.2 Å². The molecule has 0 bridgehead atoms. The highest BCUT2D eigenvalue weighted by Gasteiger charge is 2.30. The van der Waals surface area contributed by atoms with Crippen LogP contribution in [0.25, 0.3) is 0 Å². The molecule has 1 atom stereocenters. The number of amides is 1. The smallest absolute Gasteiger partial charge is 0.243 e. The van der Waals surface area contributed by atoms with Gasteiger partial charge >= 0.3 is 0 Å². The van der Waals surface area contributed by atoms with E-state index in [2.05, 4.69) is 20.8 Å². The average molecular weight is 423 g/mol. The highest BCUT2D eigenvalue weighted by Crippen LogP contribution is 2.37. The molecule has 1 amide bonds. The molecule has 2 fully saturated rings. The van der Waals surface area contributed by atoms with Crippen molar-refractivity contribution in [2.45, 2.75) is 54.0 Å². The predicted molar refractivity (Wildman–Crippen MR) is 104 cm³/mol. The minimum atomic E-state index is -3.45. The first-order valence-corrected chi connectivity index (χ1v) is 11.6. The molecule has 4 rings (SSSR count). The molecule has 9 nitrogen and oxygen atoms in total. The van der Waals surface area contributed by atoms with E-state index in [1.807, 2.05) is 0 Å². The number of benzene rings is 1. The molecule has 2 heterocycles. The molecular weight excluding hydrogens is 400 g/mol. The minimum Gasteiger partial charge on any atom is -0.325 e. The van der Waals surface area contributed by atoms with Gasteiger partial charge in [-0.15, -0.1) is 5.10 Å². The summed E-state index contributed by atoms with van der Waals surface area (Å²) in [7, 11) is -3.45. The predicted octanol–water partition coefficient (Wildman–Crippen LogP) is 1.91. The highest BCUT2D eigenvalue weighted by molar-refractivity contribution is 8.00. The van der Waals surface area contributed by atoms with Crippen LogP contribution in [0.2, 0.25) is 0 Å². The summed E-state index contributed by atoms with van der Waals surface area (Å²) < 4.78 is 28.4. The fourth-order valence-electron chi connectivity index (χ4n) is 3.05. The summed E-state index contributed by atoms with van der Waals surface area (Å²) in [6, 6.07) is 6.65. The van der Waals surface area contributed by atoms with Crippen LogP contribution in [-0.4, -0.2) is 57.2 Å². The van der Waals surface area contributed by atoms with Crippen molar-refractivity contribution < 1.29 is 13.2 Å². The Bertz CT molecular complexity index is 950. The summed E-state index contributed by atoms with van der Waals surface area (Å²) in [5, 5.41) is 14.7. The minimum absolute atomic E-state index is 0.189. The first-order valence-electron chi connectivity index (χ1n) is 9.31. The van der Waals surface area contributed by atoms with Gasteiger partial charge in [0, 0.05) is 18.8 Å². The van der Waals surface area contributed by atoms with Crippen molar-refractivity contribution in [3.05, 3.63) is 24.3 Å². The lowest BCUT2D eigenvalue weighted by atomic mass is 10.3. The summed E-state index contributed by atoms with van der Waals surface area (Å²) in [6.45, 7) is 2.92. The summed E-state index contributed by atoms with van der Waals surface area (Å²) in [4.78, 5) is 12.7. The van der Waals surface area contributed by atoms with Crippen molar-refractivity contribution in [1.82, 2.24) is 24.5 Å². The zero-order valence-corrected chi connectivity index (χ0v) is 17.1. The molecule has 1 aromatic carbocycles. The zero-order valence-electron chi connectivity index (χ0n) is 15.5. The largest absolute Gasteiger partial charge is 0.325 e. The lowest BCUT2D eigenvalue weighted by Crippen LogP contribution is -2.27. The van der Waals surface area contributed by atoms with Gasteiger partial charge in [0.05, 0.1) is 16.2 Å². The number of carbonyl (C=O) groups is 1. The van der Waals surface area contributed by atoms with Gasteiger partial charge in [0.15, 0.2) is 0 Å². The quantitative estimate of drug-likeness (QED) is 0.679. The molecule has 1 aliphatic carbocycles. The number of rotatable bonds is 7. The lowest BCUT2D eigenvalue weighted by Gasteiger charge is -2.16. The monoisotopic (exact) mass is 422 g/mol. The van der Waals surface area contributed by atoms with E-state index in [0.717, 1.165) is 25.7 Å². The maximum atomic E-state index is 12.6. The van der Waals surface area contributed by atoms with Gasteiger partial charge in [0.2, 0.25) is 21.1 Å². The second-order valence-electron chi connectivity index (χ2n) is 7.02. The Labute approximate surface area is 167 Å². The average Bonchev–Trinajstić information content (AvgIpc) is 3.17. The number of nitrogens with zero attached hydrogens (tertiary/aromatic N) is 5. The van der Waals surface area contributed by atoms with E-state index in [-0.39, 0.29) is 10.8 Å². The van der Waals surface area contributed by atoms with Crippen LogP contribution in [0.5, 0.6) is 0 Å². The van der Waals surface area contributed by atoms with Gasteiger partial charge < -0.3 is 5.32 Å². The molecule has 0 spiro atoms. The number of hydrogen-bond donors (Lipinski definition) is 1. The number of anilines is 1. The third kappa shape index (κ3) is 4.06. The number of carbonyl (C=O) groups excluding carboxylic acids is 1. The second-order valence-corrected chi connectivity index (χ2v) is 10.3. The Morgan fingerprint density at radius 2 is 1.89 bits per heavy atom. The Morgan fingerprint density at radius 1 is 1.21 bits per heavy atom. The molecule has 1 saturated carbocycles. The van der Waals surface area contributed by atoms with E-state index < -0.39 is 15.3 Å². The van der Waals surface area contributed by atoms with Crippen molar-refractivity contribution in [3.8, 4) is 0 Å². The molecule has 1 aliphatic heterocycles. The Morgan fingerprint density at radius 3 is 2.54 bits per heavy atom. The first-order chi connectivity index (χ1) is 13.4. The standard InChI is InChI=1S/C17H22N6O3S2/c1-12(27-17-19-20-21-23(17)14-6-7-14)16(24)18-13-4-8-15(9-5-13)28(25,26)22-10-2-3-11-22/h4-5,8-9,12,14H,2-3,6-7,10-11H2,1H3,(H,18,24)/t12-/m0/s1. The van der Waals surface area contributed by atoms with Crippen LogP contribution in [0.15, 0.2) is 34.3 Å². The van der Waals surface area contributed by atoms with Crippen molar-refractivity contribution in [3.63, 3.8) is 0 Å². The van der Waals surface area contributed by atoms with Crippen molar-refractivity contribution in [1.29, 1.82) is 0 Å². The van der Waals surface area contributed by atoms with Crippen LogP contribution in [0.4, 0.5) is 5.69 Å². The van der Waals surface area contributed by atoms with Crippen molar-refractivity contribution in [2.24, 2.45) is 0 Å². The van der Waals surface area contributed by atoms with Crippen LogP contribution in [0.3, 0.4) is 0 Å². The third-order valence-electron chi connectivity index (χ3n) is 4.83. The van der Waals surface area contributed by atoms with E-state index in [4.69, 9.17) is 0 Å². The summed E-state index contributed by atoms with van der Waals surface area (Å²) >= 11 is 1.31. The molecular formula is C17H22N6O3S2. The van der Waals surface area contributed by atoms with Crippen molar-refractivity contribution in [2.75, 3.05) is 18.4 Å². The molecule has 2 aliphatic rings. The molecule has 1 aromatic heterocycles. The number of hydrogen-bond acceptors (Lipinski definition) is 7. The normalized spacial score (nSPS) is 18.9. The Hall–Kier alpha value is -1.98. The maximum Gasteiger partial charge on any atom is 0.243 e. The van der Waals surface area contributed by atoms with Gasteiger partial charge in [-0.2, -0.15) is 4.31 Å². The SMILES string of the molecule is C[C@H](Sc1nnnn1C1CC1)C(=O)Nc1ccc(S(=O)(=O)N2CCCC2)cc1. The molecule has 2 aromatic rings. The zero-order chi connectivity index (χ0) is 19.7. The molecule has 28 heavy (non-hydrogen) atoms. The number of aromatic nitrogens is 4. The van der Waals surface area contributed by atoms with E-state index >= 15 is 0 Å². The van der Waals surface area contributed by atoms with Gasteiger partial charge in [0.1, 0.15) is 0 Å². The van der Waals surface area contributed by atoms with Gasteiger partial charge in [-0.3, -0.25) is 4.79 Å². The highest BCUT2D eigenvalue weighted by atomic mass is 32.2. The van der Waals surface area contributed by atoms with E-state index in [0.29, 0.717) is 30.0 Å². The number of thioether (sulfide) groups is 1. The fraction of sp³-hybridized carbons (Fsp3) is 0.529. The molecule has 0 unspecified atom stereocenters. The Balaban J connectivity index is 1.38. The molecule has 1 saturated heterocycles. The molecule has 11 heteroatoms. The van der Waals surface area contributed by atoms with Crippen LogP contribution < -0.4 is 5.32 Å². The van der Waals surface area contributed by atoms with Gasteiger partial charge in [-0.05, 0) is 67.3 Å². The molecule has 1 N–H and O–H groups in total. The van der Waals surface area contributed by atoms with Crippen molar-refractivity contribution >= 4 is 33.4 Å². The topological polar surface area (TPSA) is 110 Å². The summed E-state index contributed by atoms with van der Waals surface area (Å²) in [6.07, 6.45) is 3.91. The maximum absolute atomic E-state index is 12.6. The summed E-state index contributed by atoms with van der Waals surface area (Å²) in [5.41, 5.74) is 0.555. The number of tetrazole rings is 1. The van der Waals surface area contributed by atoms with Gasteiger partial charge in [-0.25, -0.2) is 13.1 Å². The molecule has 150 valence electrons. The number of sulfonamides is 1. The van der Waals surface area contributed by atoms with Gasteiger partial charge in [-0.1, -0.05) is 11.8 Å². The van der Waals surface area contributed by atoms with Crippen LogP contribution in [0, 0.1) is 0 Å². The van der Waals surface area contributed by atoms with Crippen LogP contribution in [0.1, 0.15) is 38.6 Å². The number of nitrogens with one attached hydrogen (secondary N) is 1. The molecule has 0 radical (unpaired) electrons. The third-order valence-corrected chi connectivity index (χ3v) is 7.79. The van der Waals surface area contributed by atoms with E-state index in [1.54, 1.807) is 23.7 Å².